The van der Waals surface area contributed by atoms with Crippen LogP contribution < -0.4 is 27.4 Å². The number of allylic oxidation sites excluding steroid dienone is 2. The predicted molar refractivity (Wildman–Crippen MR) is 153 cm³/mol. The van der Waals surface area contributed by atoms with Crippen LogP contribution in [-0.4, -0.2) is 68.1 Å². The molecule has 40 heavy (non-hydrogen) atoms. The summed E-state index contributed by atoms with van der Waals surface area (Å²) in [5, 5.41) is 9.97. The van der Waals surface area contributed by atoms with E-state index in [9.17, 15) is 13.6 Å². The summed E-state index contributed by atoms with van der Waals surface area (Å²) in [5.74, 6) is -1.83. The molecule has 7 N–H and O–H groups in total. The minimum atomic E-state index is -0.839. The van der Waals surface area contributed by atoms with Crippen molar-refractivity contribution >= 4 is 11.6 Å². The summed E-state index contributed by atoms with van der Waals surface area (Å²) in [7, 11) is 2.13. The molecule has 3 aliphatic rings. The van der Waals surface area contributed by atoms with Crippen molar-refractivity contribution in [2.75, 3.05) is 52.0 Å². The largest absolute Gasteiger partial charge is 0.398 e. The number of benzene rings is 2. The fraction of sp³-hybridized carbons (Fsp3) is 0.433. The first-order valence-electron chi connectivity index (χ1n) is 14.0. The molecule has 0 spiro atoms. The van der Waals surface area contributed by atoms with E-state index in [4.69, 9.17) is 11.5 Å². The number of halogens is 2. The molecule has 8 nitrogen and oxygen atoms in total. The Morgan fingerprint density at radius 2 is 1.85 bits per heavy atom. The molecule has 0 saturated carbocycles. The number of hydrogen-bond acceptors (Lipinski definition) is 7. The first-order valence-corrected chi connectivity index (χ1v) is 14.0. The zero-order valence-corrected chi connectivity index (χ0v) is 22.9. The highest BCUT2D eigenvalue weighted by atomic mass is 19.1. The number of carbonyl (C=O) groups is 1. The fourth-order valence-corrected chi connectivity index (χ4v) is 5.66. The Morgan fingerprint density at radius 1 is 1.10 bits per heavy atom. The van der Waals surface area contributed by atoms with Crippen LogP contribution in [0.25, 0.3) is 0 Å². The van der Waals surface area contributed by atoms with Crippen LogP contribution in [0.15, 0.2) is 59.9 Å². The smallest absolute Gasteiger partial charge is 0.230 e. The SMILES string of the molecule is CN1CCN(C2=CCC(C(=O)NC(N)c3cc(Cc4cc(F)cc(F)c4)ccc3N)C(NC3CCNC3)=C2)CC1. The van der Waals surface area contributed by atoms with Crippen LogP contribution in [0.3, 0.4) is 0 Å². The third-order valence-corrected chi connectivity index (χ3v) is 7.97. The summed E-state index contributed by atoms with van der Waals surface area (Å²) in [6.45, 7) is 5.73. The predicted octanol–water partition coefficient (Wildman–Crippen LogP) is 2.20. The average molecular weight is 552 g/mol. The maximum absolute atomic E-state index is 13.7. The van der Waals surface area contributed by atoms with Gasteiger partial charge in [0.2, 0.25) is 5.91 Å². The second kappa shape index (κ2) is 12.4. The van der Waals surface area contributed by atoms with Gasteiger partial charge in [-0.15, -0.1) is 0 Å². The number of nitrogens with zero attached hydrogens (tertiary/aromatic N) is 2. The molecule has 2 fully saturated rings. The number of rotatable bonds is 8. The van der Waals surface area contributed by atoms with Crippen LogP contribution >= 0.6 is 0 Å². The van der Waals surface area contributed by atoms with E-state index in [1.807, 2.05) is 0 Å². The highest BCUT2D eigenvalue weighted by Crippen LogP contribution is 2.28. The van der Waals surface area contributed by atoms with Gasteiger partial charge in [0.05, 0.1) is 5.92 Å². The summed E-state index contributed by atoms with van der Waals surface area (Å²) in [6.07, 6.45) is 5.30. The second-order valence-electron chi connectivity index (χ2n) is 11.0. The van der Waals surface area contributed by atoms with Gasteiger partial charge in [0.15, 0.2) is 0 Å². The van der Waals surface area contributed by atoms with Gasteiger partial charge in [-0.2, -0.15) is 0 Å². The molecule has 2 aliphatic heterocycles. The molecule has 0 aromatic heterocycles. The number of likely N-dealkylation sites (N-methyl/N-ethyl adjacent to an activating group) is 1. The third-order valence-electron chi connectivity index (χ3n) is 7.97. The first kappa shape index (κ1) is 28.1. The Kier molecular flexibility index (Phi) is 8.68. The van der Waals surface area contributed by atoms with Gasteiger partial charge in [-0.05, 0) is 74.3 Å². The Balaban J connectivity index is 1.30. The number of nitrogen functional groups attached to an aromatic ring is 1. The van der Waals surface area contributed by atoms with Crippen molar-refractivity contribution < 1.29 is 13.6 Å². The number of nitrogens with one attached hydrogen (secondary N) is 3. The van der Waals surface area contributed by atoms with E-state index < -0.39 is 23.7 Å². The lowest BCUT2D eigenvalue weighted by Crippen LogP contribution is -2.46. The van der Waals surface area contributed by atoms with Gasteiger partial charge in [-0.1, -0.05) is 12.1 Å². The van der Waals surface area contributed by atoms with E-state index in [1.165, 1.54) is 12.1 Å². The number of anilines is 1. The first-order chi connectivity index (χ1) is 19.2. The van der Waals surface area contributed by atoms with Crippen molar-refractivity contribution in [3.8, 4) is 0 Å². The molecular formula is C30H39F2N7O. The fourth-order valence-electron chi connectivity index (χ4n) is 5.66. The van der Waals surface area contributed by atoms with Crippen LogP contribution in [0.5, 0.6) is 0 Å². The van der Waals surface area contributed by atoms with Crippen LogP contribution in [0, 0.1) is 17.6 Å². The van der Waals surface area contributed by atoms with Gasteiger partial charge >= 0.3 is 0 Å². The van der Waals surface area contributed by atoms with E-state index >= 15 is 0 Å². The van der Waals surface area contributed by atoms with E-state index in [0.29, 0.717) is 29.7 Å². The summed E-state index contributed by atoms with van der Waals surface area (Å²) >= 11 is 0. The monoisotopic (exact) mass is 551 g/mol. The molecule has 0 radical (unpaired) electrons. The lowest BCUT2D eigenvalue weighted by Gasteiger charge is -2.37. The standard InChI is InChI=1S/C30H39F2N7O/c1-38-8-10-39(11-9-38)24-3-4-25(28(17-24)36-23-6-7-35-18-23)30(40)37-29(34)26-15-19(2-5-27(26)33)12-20-13-21(31)16-22(32)14-20/h2-3,5,13-17,23,25,29,35-36H,4,6-12,18,33-34H2,1H3,(H,37,40). The molecule has 1 amide bonds. The van der Waals surface area contributed by atoms with Crippen molar-refractivity contribution in [3.05, 3.63) is 88.3 Å². The number of hydrogen-bond donors (Lipinski definition) is 5. The molecule has 2 saturated heterocycles. The van der Waals surface area contributed by atoms with Gasteiger partial charge in [0.25, 0.3) is 0 Å². The third kappa shape index (κ3) is 6.80. The highest BCUT2D eigenvalue weighted by Gasteiger charge is 2.30. The van der Waals surface area contributed by atoms with Crippen LogP contribution in [0.4, 0.5) is 14.5 Å². The normalized spacial score (nSPS) is 22.4. The lowest BCUT2D eigenvalue weighted by molar-refractivity contribution is -0.124. The molecule has 2 aromatic rings. The minimum Gasteiger partial charge on any atom is -0.398 e. The maximum Gasteiger partial charge on any atom is 0.230 e. The van der Waals surface area contributed by atoms with Gasteiger partial charge < -0.3 is 37.2 Å². The highest BCUT2D eigenvalue weighted by molar-refractivity contribution is 5.82. The van der Waals surface area contributed by atoms with Crippen molar-refractivity contribution in [2.45, 2.75) is 31.5 Å². The van der Waals surface area contributed by atoms with Crippen molar-refractivity contribution in [1.29, 1.82) is 0 Å². The van der Waals surface area contributed by atoms with Gasteiger partial charge in [0.1, 0.15) is 17.8 Å². The summed E-state index contributed by atoms with van der Waals surface area (Å²) in [4.78, 5) is 18.3. The Morgan fingerprint density at radius 3 is 2.55 bits per heavy atom. The number of amides is 1. The number of piperazine rings is 1. The van der Waals surface area contributed by atoms with Gasteiger partial charge in [-0.3, -0.25) is 4.79 Å². The molecule has 3 unspecified atom stereocenters. The van der Waals surface area contributed by atoms with Crippen LogP contribution in [-0.2, 0) is 11.2 Å². The zero-order valence-electron chi connectivity index (χ0n) is 22.9. The molecule has 1 aliphatic carbocycles. The van der Waals surface area contributed by atoms with Crippen molar-refractivity contribution in [1.82, 2.24) is 25.8 Å². The van der Waals surface area contributed by atoms with E-state index in [0.717, 1.165) is 68.7 Å². The Labute approximate surface area is 234 Å². The van der Waals surface area contributed by atoms with Crippen molar-refractivity contribution in [3.63, 3.8) is 0 Å². The second-order valence-corrected chi connectivity index (χ2v) is 11.0. The Bertz CT molecular complexity index is 1260. The average Bonchev–Trinajstić information content (AvgIpc) is 3.42. The summed E-state index contributed by atoms with van der Waals surface area (Å²) in [6, 6.07) is 9.00. The lowest BCUT2D eigenvalue weighted by atomic mass is 9.92. The molecule has 2 aromatic carbocycles. The van der Waals surface area contributed by atoms with Gasteiger partial charge in [0, 0.05) is 67.5 Å². The molecule has 214 valence electrons. The molecule has 0 bridgehead atoms. The molecule has 5 rings (SSSR count). The molecule has 2 heterocycles. The molecular weight excluding hydrogens is 512 g/mol. The summed E-state index contributed by atoms with van der Waals surface area (Å²) in [5.41, 5.74) is 17.0. The molecule has 3 atom stereocenters. The van der Waals surface area contributed by atoms with E-state index in [2.05, 4.69) is 44.9 Å². The van der Waals surface area contributed by atoms with Crippen LogP contribution in [0.1, 0.15) is 35.7 Å². The van der Waals surface area contributed by atoms with Gasteiger partial charge in [-0.25, -0.2) is 8.78 Å². The van der Waals surface area contributed by atoms with E-state index in [1.54, 1.807) is 18.2 Å². The van der Waals surface area contributed by atoms with E-state index in [-0.39, 0.29) is 11.9 Å². The summed E-state index contributed by atoms with van der Waals surface area (Å²) < 4.78 is 27.4. The van der Waals surface area contributed by atoms with Crippen LogP contribution in [0.2, 0.25) is 0 Å². The minimum absolute atomic E-state index is 0.178. The van der Waals surface area contributed by atoms with Crippen molar-refractivity contribution in [2.24, 2.45) is 11.7 Å². The number of nitrogens with two attached hydrogens (primary N) is 2. The zero-order chi connectivity index (χ0) is 28.2. The molecule has 10 heteroatoms. The number of carbonyl (C=O) groups excluding carboxylic acids is 1. The topological polar surface area (TPSA) is 112 Å². The Hall–Kier alpha value is -3.47. The maximum atomic E-state index is 13.7. The quantitative estimate of drug-likeness (QED) is 0.253.